The summed E-state index contributed by atoms with van der Waals surface area (Å²) < 4.78 is 0. The van der Waals surface area contributed by atoms with E-state index in [0.717, 1.165) is 17.1 Å². The first-order valence-electron chi connectivity index (χ1n) is 25.2. The second-order valence-electron chi connectivity index (χ2n) is 20.1. The van der Waals surface area contributed by atoms with Gasteiger partial charge in [-0.3, -0.25) is 0 Å². The van der Waals surface area contributed by atoms with Crippen molar-refractivity contribution in [2.24, 2.45) is 0 Å². The average Bonchev–Trinajstić information content (AvgIpc) is 3.85. The molecule has 0 N–H and O–H groups in total. The minimum atomic E-state index is -0.326. The number of rotatable bonds is 9. The second kappa shape index (κ2) is 17.3. The van der Waals surface area contributed by atoms with E-state index in [1.165, 1.54) is 106 Å². The Hall–Kier alpha value is -8.78. The van der Waals surface area contributed by atoms with E-state index in [-0.39, 0.29) is 10.8 Å². The summed E-state index contributed by atoms with van der Waals surface area (Å²) in [6.45, 7) is 7.15. The molecule has 11 aromatic carbocycles. The van der Waals surface area contributed by atoms with Crippen LogP contribution >= 0.6 is 0 Å². The molecule has 0 fully saturated rings. The first-order valence-corrected chi connectivity index (χ1v) is 25.2. The van der Waals surface area contributed by atoms with Crippen molar-refractivity contribution in [1.29, 1.82) is 0 Å². The van der Waals surface area contributed by atoms with Crippen LogP contribution in [0.5, 0.6) is 0 Å². The SMILES string of the molecule is CC1(C)c2ccccc2-c2cccc(-c3ccccc3-c3ccc(N(c4ccc(-c5ccc(-c6ccccc6-c6ccccc6)cc5)cc4)c4ccc5c(c4)C(C)(c4ccccc4)c4ccccc4-5)cc3)c21. The summed E-state index contributed by atoms with van der Waals surface area (Å²) >= 11 is 0. The number of benzene rings is 11. The van der Waals surface area contributed by atoms with Crippen molar-refractivity contribution in [2.75, 3.05) is 4.90 Å². The fourth-order valence-electron chi connectivity index (χ4n) is 12.2. The smallest absolute Gasteiger partial charge is 0.0465 e. The van der Waals surface area contributed by atoms with Crippen LogP contribution in [0.3, 0.4) is 0 Å². The fourth-order valence-corrected chi connectivity index (χ4v) is 12.2. The first kappa shape index (κ1) is 43.3. The van der Waals surface area contributed by atoms with Crippen molar-refractivity contribution in [3.05, 3.63) is 295 Å². The van der Waals surface area contributed by atoms with E-state index in [2.05, 4.69) is 293 Å². The summed E-state index contributed by atoms with van der Waals surface area (Å²) in [6.07, 6.45) is 0. The topological polar surface area (TPSA) is 3.24 Å². The molecule has 1 atom stereocenters. The van der Waals surface area contributed by atoms with Gasteiger partial charge in [-0.1, -0.05) is 244 Å². The third-order valence-corrected chi connectivity index (χ3v) is 15.8. The lowest BCUT2D eigenvalue weighted by atomic mass is 9.74. The van der Waals surface area contributed by atoms with Crippen LogP contribution in [-0.4, -0.2) is 0 Å². The van der Waals surface area contributed by atoms with Crippen molar-refractivity contribution < 1.29 is 0 Å². The van der Waals surface area contributed by atoms with Crippen LogP contribution in [0.1, 0.15) is 48.6 Å². The Balaban J connectivity index is 0.899. The van der Waals surface area contributed by atoms with Gasteiger partial charge in [-0.15, -0.1) is 0 Å². The van der Waals surface area contributed by atoms with Gasteiger partial charge in [0.25, 0.3) is 0 Å². The summed E-state index contributed by atoms with van der Waals surface area (Å²) in [7, 11) is 0. The third-order valence-electron chi connectivity index (χ3n) is 15.8. The molecule has 0 aliphatic heterocycles. The molecule has 0 radical (unpaired) electrons. The Morgan fingerprint density at radius 2 is 0.625 bits per heavy atom. The summed E-state index contributed by atoms with van der Waals surface area (Å²) in [4.78, 5) is 2.43. The van der Waals surface area contributed by atoms with E-state index in [1.54, 1.807) is 0 Å². The molecule has 0 heterocycles. The van der Waals surface area contributed by atoms with Crippen LogP contribution < -0.4 is 4.90 Å². The van der Waals surface area contributed by atoms with Crippen molar-refractivity contribution in [2.45, 2.75) is 31.6 Å². The van der Waals surface area contributed by atoms with Crippen LogP contribution in [0.2, 0.25) is 0 Å². The van der Waals surface area contributed by atoms with Gasteiger partial charge in [-0.25, -0.2) is 0 Å². The third kappa shape index (κ3) is 6.99. The van der Waals surface area contributed by atoms with Crippen molar-refractivity contribution in [3.63, 3.8) is 0 Å². The quantitative estimate of drug-likeness (QED) is 0.139. The van der Waals surface area contributed by atoms with Gasteiger partial charge in [0.15, 0.2) is 0 Å². The van der Waals surface area contributed by atoms with Crippen LogP contribution in [0.25, 0.3) is 77.9 Å². The largest absolute Gasteiger partial charge is 0.310 e. The zero-order chi connectivity index (χ0) is 48.4. The van der Waals surface area contributed by atoms with Gasteiger partial charge < -0.3 is 4.90 Å². The van der Waals surface area contributed by atoms with Gasteiger partial charge in [0.1, 0.15) is 0 Å². The Bertz CT molecular complexity index is 3810. The van der Waals surface area contributed by atoms with Crippen molar-refractivity contribution in [1.82, 2.24) is 0 Å². The highest BCUT2D eigenvalue weighted by atomic mass is 15.1. The van der Waals surface area contributed by atoms with E-state index in [1.807, 2.05) is 0 Å². The fraction of sp³-hybridized carbons (Fsp3) is 0.0704. The van der Waals surface area contributed by atoms with Gasteiger partial charge >= 0.3 is 0 Å². The number of nitrogens with zero attached hydrogens (tertiary/aromatic N) is 1. The van der Waals surface area contributed by atoms with Crippen LogP contribution in [0.15, 0.2) is 267 Å². The number of anilines is 3. The molecule has 1 heteroatoms. The van der Waals surface area contributed by atoms with E-state index < -0.39 is 0 Å². The zero-order valence-corrected chi connectivity index (χ0v) is 40.9. The lowest BCUT2D eigenvalue weighted by Gasteiger charge is -2.31. The number of fused-ring (bicyclic) bond motifs is 6. The minimum absolute atomic E-state index is 0.123. The highest BCUT2D eigenvalue weighted by Crippen LogP contribution is 2.55. The van der Waals surface area contributed by atoms with Crippen molar-refractivity contribution >= 4 is 17.1 Å². The van der Waals surface area contributed by atoms with Gasteiger partial charge in [0.2, 0.25) is 0 Å². The summed E-state index contributed by atoms with van der Waals surface area (Å²) in [5.74, 6) is 0. The molecule has 342 valence electrons. The van der Waals surface area contributed by atoms with Crippen LogP contribution in [0, 0.1) is 0 Å². The number of hydrogen-bond donors (Lipinski definition) is 0. The Labute approximate surface area is 424 Å². The van der Waals surface area contributed by atoms with Gasteiger partial charge in [0.05, 0.1) is 0 Å². The average molecular weight is 920 g/mol. The molecule has 11 aromatic rings. The zero-order valence-electron chi connectivity index (χ0n) is 40.9. The minimum Gasteiger partial charge on any atom is -0.310 e. The normalized spacial score (nSPS) is 14.8. The molecule has 72 heavy (non-hydrogen) atoms. The Kier molecular flexibility index (Phi) is 10.4. The van der Waals surface area contributed by atoms with Gasteiger partial charge in [-0.2, -0.15) is 0 Å². The summed E-state index contributed by atoms with van der Waals surface area (Å²) in [5.41, 5.74) is 27.1. The molecular formula is C71H53N. The molecule has 2 aliphatic rings. The Morgan fingerprint density at radius 1 is 0.250 bits per heavy atom. The van der Waals surface area contributed by atoms with Gasteiger partial charge in [0, 0.05) is 27.9 Å². The molecule has 0 bridgehead atoms. The lowest BCUT2D eigenvalue weighted by Crippen LogP contribution is -2.22. The second-order valence-corrected chi connectivity index (χ2v) is 20.1. The van der Waals surface area contributed by atoms with Gasteiger partial charge in [-0.05, 0) is 149 Å². The van der Waals surface area contributed by atoms with E-state index in [0.29, 0.717) is 0 Å². The molecule has 1 unspecified atom stereocenters. The monoisotopic (exact) mass is 919 g/mol. The molecule has 2 aliphatic carbocycles. The van der Waals surface area contributed by atoms with E-state index >= 15 is 0 Å². The maximum absolute atomic E-state index is 2.45. The molecule has 1 nitrogen and oxygen atoms in total. The predicted molar refractivity (Wildman–Crippen MR) is 303 cm³/mol. The maximum atomic E-state index is 2.45. The lowest BCUT2D eigenvalue weighted by molar-refractivity contribution is 0.662. The van der Waals surface area contributed by atoms with E-state index in [4.69, 9.17) is 0 Å². The predicted octanol–water partition coefficient (Wildman–Crippen LogP) is 19.1. The van der Waals surface area contributed by atoms with Crippen molar-refractivity contribution in [3.8, 4) is 77.9 Å². The molecule has 0 amide bonds. The summed E-state index contributed by atoms with van der Waals surface area (Å²) in [6, 6.07) is 98.5. The maximum Gasteiger partial charge on any atom is 0.0465 e. The Morgan fingerprint density at radius 3 is 1.22 bits per heavy atom. The molecular weight excluding hydrogens is 867 g/mol. The van der Waals surface area contributed by atoms with E-state index in [9.17, 15) is 0 Å². The van der Waals surface area contributed by atoms with Crippen LogP contribution in [-0.2, 0) is 10.8 Å². The van der Waals surface area contributed by atoms with Crippen LogP contribution in [0.4, 0.5) is 17.1 Å². The standard InChI is InChI=1S/C71H53N/c1-70(2)66-31-16-14-28-62(66)65-30-18-29-64(69(65)70)60-26-13-12-25-59(60)52-39-43-55(44-40-52)72(56-45-46-63-61-27-15-17-32-67(61)71(3,68(63)47-56)53-21-8-5-9-22-53)54-41-37-49(38-42-54)48-33-35-51(36-34-48)58-24-11-10-23-57(58)50-19-6-4-7-20-50/h4-47H,1-3H3. The molecule has 13 rings (SSSR count). The molecule has 0 saturated carbocycles. The first-order chi connectivity index (χ1) is 35.4. The highest BCUT2D eigenvalue weighted by Gasteiger charge is 2.41. The molecule has 0 aromatic heterocycles. The number of hydrogen-bond acceptors (Lipinski definition) is 1. The molecule has 0 saturated heterocycles. The summed E-state index contributed by atoms with van der Waals surface area (Å²) in [5, 5.41) is 0. The molecule has 0 spiro atoms. The highest BCUT2D eigenvalue weighted by molar-refractivity contribution is 5.94.